The van der Waals surface area contributed by atoms with Gasteiger partial charge in [-0.15, -0.1) is 24.0 Å². The number of ether oxygens (including phenoxy) is 2. The van der Waals surface area contributed by atoms with Crippen LogP contribution < -0.4 is 15.4 Å². The van der Waals surface area contributed by atoms with Crippen LogP contribution in [0.25, 0.3) is 0 Å². The highest BCUT2D eigenvalue weighted by Gasteiger charge is 2.27. The summed E-state index contributed by atoms with van der Waals surface area (Å²) in [5, 5.41) is 6.51. The van der Waals surface area contributed by atoms with Crippen LogP contribution in [0, 0.1) is 0 Å². The van der Waals surface area contributed by atoms with Gasteiger partial charge in [0.05, 0.1) is 20.3 Å². The summed E-state index contributed by atoms with van der Waals surface area (Å²) in [6, 6.07) is 15.1. The highest BCUT2D eigenvalue weighted by atomic mass is 127. The lowest BCUT2D eigenvalue weighted by Crippen LogP contribution is -2.38. The van der Waals surface area contributed by atoms with E-state index in [4.69, 9.17) is 4.74 Å². The maximum Gasteiger partial charge on any atom is 0.411 e. The molecule has 0 aliphatic rings. The largest absolute Gasteiger partial charge is 0.497 e. The van der Waals surface area contributed by atoms with Crippen LogP contribution in [-0.4, -0.2) is 38.9 Å². The molecule has 0 aliphatic carbocycles. The van der Waals surface area contributed by atoms with E-state index in [1.165, 1.54) is 5.56 Å². The number of halogens is 4. The number of hydrogen-bond acceptors (Lipinski definition) is 3. The standard InChI is InChI=1S/C22H28F3N3O2.HI/c1-3-26-21(27-13-12-17-8-10-20(29-2)11-9-17)28-14-18-4-6-19(7-5-18)15-30-16-22(23,24)25;/h4-11H,3,12-16H2,1-2H3,(H2,26,27,28);1H. The number of guanidine groups is 1. The van der Waals surface area contributed by atoms with Crippen LogP contribution in [0.15, 0.2) is 53.5 Å². The van der Waals surface area contributed by atoms with Gasteiger partial charge in [-0.2, -0.15) is 13.2 Å². The number of nitrogens with zero attached hydrogens (tertiary/aromatic N) is 1. The average molecular weight is 551 g/mol. The van der Waals surface area contributed by atoms with Crippen LogP contribution >= 0.6 is 24.0 Å². The van der Waals surface area contributed by atoms with Crippen molar-refractivity contribution in [3.8, 4) is 5.75 Å². The molecule has 5 nitrogen and oxygen atoms in total. The molecule has 0 saturated carbocycles. The van der Waals surface area contributed by atoms with Gasteiger partial charge in [0.2, 0.25) is 0 Å². The first-order valence-corrected chi connectivity index (χ1v) is 9.77. The normalized spacial score (nSPS) is 11.6. The van der Waals surface area contributed by atoms with E-state index in [2.05, 4.69) is 20.4 Å². The predicted molar refractivity (Wildman–Crippen MR) is 127 cm³/mol. The van der Waals surface area contributed by atoms with Crippen LogP contribution in [0.1, 0.15) is 23.6 Å². The van der Waals surface area contributed by atoms with Gasteiger partial charge >= 0.3 is 6.18 Å². The molecule has 0 spiro atoms. The van der Waals surface area contributed by atoms with Gasteiger partial charge in [-0.1, -0.05) is 36.4 Å². The highest BCUT2D eigenvalue weighted by molar-refractivity contribution is 14.0. The van der Waals surface area contributed by atoms with E-state index in [1.807, 2.05) is 43.3 Å². The first-order valence-electron chi connectivity index (χ1n) is 9.77. The molecule has 0 radical (unpaired) electrons. The molecule has 0 fully saturated rings. The number of hydrogen-bond donors (Lipinski definition) is 2. The third-order valence-electron chi connectivity index (χ3n) is 4.19. The summed E-state index contributed by atoms with van der Waals surface area (Å²) < 4.78 is 46.2. The van der Waals surface area contributed by atoms with E-state index in [9.17, 15) is 13.2 Å². The summed E-state index contributed by atoms with van der Waals surface area (Å²) in [5.74, 6) is 1.54. The second kappa shape index (κ2) is 14.1. The fraction of sp³-hybridized carbons (Fsp3) is 0.409. The Hall–Kier alpha value is -2.01. The van der Waals surface area contributed by atoms with Gasteiger partial charge in [-0.25, -0.2) is 4.99 Å². The highest BCUT2D eigenvalue weighted by Crippen LogP contribution is 2.16. The zero-order chi connectivity index (χ0) is 21.8. The van der Waals surface area contributed by atoms with E-state index in [-0.39, 0.29) is 30.6 Å². The molecule has 2 aromatic rings. The lowest BCUT2D eigenvalue weighted by atomic mass is 10.1. The molecule has 0 bridgehead atoms. The number of alkyl halides is 3. The fourth-order valence-electron chi connectivity index (χ4n) is 2.66. The summed E-state index contributed by atoms with van der Waals surface area (Å²) in [4.78, 5) is 4.56. The van der Waals surface area contributed by atoms with Gasteiger partial charge in [-0.05, 0) is 42.2 Å². The van der Waals surface area contributed by atoms with Crippen LogP contribution in [0.4, 0.5) is 13.2 Å². The fourth-order valence-corrected chi connectivity index (χ4v) is 2.66. The smallest absolute Gasteiger partial charge is 0.411 e. The Morgan fingerprint density at radius 2 is 1.55 bits per heavy atom. The number of aliphatic imine (C=N–C) groups is 1. The van der Waals surface area contributed by atoms with Crippen molar-refractivity contribution >= 4 is 29.9 Å². The maximum atomic E-state index is 12.1. The van der Waals surface area contributed by atoms with E-state index < -0.39 is 12.8 Å². The number of rotatable bonds is 10. The molecule has 2 N–H and O–H groups in total. The molecule has 0 heterocycles. The van der Waals surface area contributed by atoms with Gasteiger partial charge in [0.15, 0.2) is 5.96 Å². The van der Waals surface area contributed by atoms with Crippen molar-refractivity contribution in [1.29, 1.82) is 0 Å². The summed E-state index contributed by atoms with van der Waals surface area (Å²) >= 11 is 0. The van der Waals surface area contributed by atoms with Crippen molar-refractivity contribution in [2.75, 3.05) is 26.8 Å². The van der Waals surface area contributed by atoms with E-state index >= 15 is 0 Å². The van der Waals surface area contributed by atoms with Crippen molar-refractivity contribution in [3.63, 3.8) is 0 Å². The molecule has 0 aromatic heterocycles. The van der Waals surface area contributed by atoms with Crippen molar-refractivity contribution in [2.45, 2.75) is 32.7 Å². The summed E-state index contributed by atoms with van der Waals surface area (Å²) in [7, 11) is 1.64. The molecule has 0 aliphatic heterocycles. The van der Waals surface area contributed by atoms with Crippen molar-refractivity contribution in [2.24, 2.45) is 4.99 Å². The number of benzene rings is 2. The Balaban J connectivity index is 0.00000480. The zero-order valence-corrected chi connectivity index (χ0v) is 20.0. The van der Waals surface area contributed by atoms with Crippen molar-refractivity contribution in [1.82, 2.24) is 10.6 Å². The van der Waals surface area contributed by atoms with Crippen molar-refractivity contribution in [3.05, 3.63) is 65.2 Å². The number of nitrogens with one attached hydrogen (secondary N) is 2. The van der Waals surface area contributed by atoms with Gasteiger partial charge in [0.1, 0.15) is 12.4 Å². The third-order valence-corrected chi connectivity index (χ3v) is 4.19. The SMILES string of the molecule is CCNC(=NCc1ccc(COCC(F)(F)F)cc1)NCCc1ccc(OC)cc1.I. The summed E-state index contributed by atoms with van der Waals surface area (Å²) in [6.45, 7) is 2.61. The first-order chi connectivity index (χ1) is 14.4. The quantitative estimate of drug-likeness (QED) is 0.256. The zero-order valence-electron chi connectivity index (χ0n) is 17.7. The first kappa shape index (κ1) is 27.0. The minimum atomic E-state index is -4.31. The topological polar surface area (TPSA) is 54.9 Å². The van der Waals surface area contributed by atoms with Crippen LogP contribution in [0.3, 0.4) is 0 Å². The molecule has 172 valence electrons. The molecule has 0 unspecified atom stereocenters. The van der Waals surface area contributed by atoms with Gasteiger partial charge in [-0.3, -0.25) is 0 Å². The maximum absolute atomic E-state index is 12.1. The van der Waals surface area contributed by atoms with E-state index in [0.717, 1.165) is 30.8 Å². The molecule has 0 amide bonds. The van der Waals surface area contributed by atoms with Gasteiger partial charge in [0, 0.05) is 13.1 Å². The average Bonchev–Trinajstić information content (AvgIpc) is 2.72. The van der Waals surface area contributed by atoms with E-state index in [1.54, 1.807) is 19.2 Å². The Kier molecular flexibility index (Phi) is 12.3. The lowest BCUT2D eigenvalue weighted by molar-refractivity contribution is -0.176. The lowest BCUT2D eigenvalue weighted by Gasteiger charge is -2.12. The molecule has 9 heteroatoms. The van der Waals surface area contributed by atoms with Gasteiger partial charge < -0.3 is 20.1 Å². The predicted octanol–water partition coefficient (Wildman–Crippen LogP) is 4.69. The van der Waals surface area contributed by atoms with Gasteiger partial charge in [0.25, 0.3) is 0 Å². The molecular weight excluding hydrogens is 522 g/mol. The summed E-state index contributed by atoms with van der Waals surface area (Å²) in [6.07, 6.45) is -3.46. The van der Waals surface area contributed by atoms with Crippen LogP contribution in [0.5, 0.6) is 5.75 Å². The summed E-state index contributed by atoms with van der Waals surface area (Å²) in [5.41, 5.74) is 2.85. The molecule has 2 rings (SSSR count). The Labute approximate surface area is 198 Å². The monoisotopic (exact) mass is 551 g/mol. The molecule has 0 saturated heterocycles. The molecule has 0 atom stereocenters. The van der Waals surface area contributed by atoms with Crippen molar-refractivity contribution < 1.29 is 22.6 Å². The van der Waals surface area contributed by atoms with E-state index in [0.29, 0.717) is 18.1 Å². The Morgan fingerprint density at radius 3 is 2.13 bits per heavy atom. The Bertz CT molecular complexity index is 782. The molecule has 31 heavy (non-hydrogen) atoms. The minimum absolute atomic E-state index is 0. The molecular formula is C22H29F3IN3O2. The second-order valence-electron chi connectivity index (χ2n) is 6.64. The van der Waals surface area contributed by atoms with Crippen LogP contribution in [0.2, 0.25) is 0 Å². The third kappa shape index (κ3) is 11.3. The number of methoxy groups -OCH3 is 1. The minimum Gasteiger partial charge on any atom is -0.497 e. The Morgan fingerprint density at radius 1 is 0.935 bits per heavy atom. The second-order valence-corrected chi connectivity index (χ2v) is 6.64. The molecule has 2 aromatic carbocycles. The van der Waals surface area contributed by atoms with Crippen LogP contribution in [-0.2, 0) is 24.3 Å².